The van der Waals surface area contributed by atoms with Crippen molar-refractivity contribution >= 4 is 12.0 Å². The van der Waals surface area contributed by atoms with Gasteiger partial charge in [-0.15, -0.1) is 0 Å². The van der Waals surface area contributed by atoms with Gasteiger partial charge in [-0.25, -0.2) is 4.79 Å². The van der Waals surface area contributed by atoms with Crippen LogP contribution in [0.2, 0.25) is 0 Å². The Labute approximate surface area is 122 Å². The van der Waals surface area contributed by atoms with Crippen molar-refractivity contribution in [2.45, 2.75) is 65.8 Å². The van der Waals surface area contributed by atoms with Gasteiger partial charge in [-0.3, -0.25) is 4.79 Å². The summed E-state index contributed by atoms with van der Waals surface area (Å²) >= 11 is 0. The summed E-state index contributed by atoms with van der Waals surface area (Å²) in [7, 11) is 0. The normalized spacial score (nSPS) is 13.6. The van der Waals surface area contributed by atoms with Gasteiger partial charge in [0.25, 0.3) is 0 Å². The van der Waals surface area contributed by atoms with E-state index in [1.54, 1.807) is 0 Å². The van der Waals surface area contributed by atoms with Crippen LogP contribution in [-0.2, 0) is 4.79 Å². The molecular formula is C15H30N2O3. The lowest BCUT2D eigenvalue weighted by Gasteiger charge is -2.27. The number of rotatable bonds is 10. The van der Waals surface area contributed by atoms with Crippen molar-refractivity contribution in [3.8, 4) is 0 Å². The van der Waals surface area contributed by atoms with Crippen molar-refractivity contribution in [3.63, 3.8) is 0 Å². The largest absolute Gasteiger partial charge is 0.481 e. The van der Waals surface area contributed by atoms with Crippen LogP contribution >= 0.6 is 0 Å². The third-order valence-electron chi connectivity index (χ3n) is 3.90. The number of aliphatic carboxylic acids is 1. The average Bonchev–Trinajstić information content (AvgIpc) is 2.42. The lowest BCUT2D eigenvalue weighted by molar-refractivity contribution is -0.137. The van der Waals surface area contributed by atoms with Gasteiger partial charge in [0.1, 0.15) is 0 Å². The van der Waals surface area contributed by atoms with E-state index in [9.17, 15) is 9.59 Å². The van der Waals surface area contributed by atoms with Crippen LogP contribution in [0.1, 0.15) is 59.8 Å². The molecule has 0 heterocycles. The highest BCUT2D eigenvalue weighted by molar-refractivity contribution is 5.74. The zero-order valence-electron chi connectivity index (χ0n) is 13.3. The van der Waals surface area contributed by atoms with Crippen molar-refractivity contribution in [2.75, 3.05) is 13.1 Å². The molecular weight excluding hydrogens is 256 g/mol. The maximum absolute atomic E-state index is 12.0. The number of urea groups is 1. The number of amides is 2. The lowest BCUT2D eigenvalue weighted by atomic mass is 9.97. The highest BCUT2D eigenvalue weighted by Crippen LogP contribution is 2.14. The Hall–Kier alpha value is -1.26. The minimum Gasteiger partial charge on any atom is -0.481 e. The second-order valence-corrected chi connectivity index (χ2v) is 5.27. The minimum absolute atomic E-state index is 0.0186. The van der Waals surface area contributed by atoms with Crippen LogP contribution in [0.3, 0.4) is 0 Å². The fourth-order valence-corrected chi connectivity index (χ4v) is 2.24. The molecule has 0 saturated carbocycles. The SMILES string of the molecule is CCC(CCNC(=O)N(CC)C(C)CC)CCC(=O)O. The van der Waals surface area contributed by atoms with Gasteiger partial charge in [0.2, 0.25) is 0 Å². The Morgan fingerprint density at radius 3 is 2.25 bits per heavy atom. The number of hydrogen-bond donors (Lipinski definition) is 2. The molecule has 0 aromatic heterocycles. The van der Waals surface area contributed by atoms with Crippen LogP contribution in [0, 0.1) is 5.92 Å². The van der Waals surface area contributed by atoms with Crippen LogP contribution in [0.4, 0.5) is 4.79 Å². The molecule has 0 bridgehead atoms. The molecule has 0 aromatic rings. The molecule has 5 heteroatoms. The third-order valence-corrected chi connectivity index (χ3v) is 3.90. The number of hydrogen-bond acceptors (Lipinski definition) is 2. The van der Waals surface area contributed by atoms with Crippen molar-refractivity contribution in [2.24, 2.45) is 5.92 Å². The predicted octanol–water partition coefficient (Wildman–Crippen LogP) is 3.10. The highest BCUT2D eigenvalue weighted by Gasteiger charge is 2.17. The number of nitrogens with one attached hydrogen (secondary N) is 1. The highest BCUT2D eigenvalue weighted by atomic mass is 16.4. The lowest BCUT2D eigenvalue weighted by Crippen LogP contribution is -2.45. The van der Waals surface area contributed by atoms with Crippen molar-refractivity contribution in [1.82, 2.24) is 10.2 Å². The fraction of sp³-hybridized carbons (Fsp3) is 0.867. The van der Waals surface area contributed by atoms with E-state index in [1.807, 2.05) is 18.7 Å². The van der Waals surface area contributed by atoms with Crippen molar-refractivity contribution in [1.29, 1.82) is 0 Å². The average molecular weight is 286 g/mol. The van der Waals surface area contributed by atoms with E-state index in [0.717, 1.165) is 19.3 Å². The first-order chi connectivity index (χ1) is 9.46. The van der Waals surface area contributed by atoms with Crippen LogP contribution in [0.25, 0.3) is 0 Å². The van der Waals surface area contributed by atoms with Gasteiger partial charge in [-0.05, 0) is 39.0 Å². The molecule has 118 valence electrons. The Morgan fingerprint density at radius 1 is 1.15 bits per heavy atom. The van der Waals surface area contributed by atoms with Crippen LogP contribution in [0.15, 0.2) is 0 Å². The maximum atomic E-state index is 12.0. The first kappa shape index (κ1) is 18.7. The van der Waals surface area contributed by atoms with Gasteiger partial charge >= 0.3 is 12.0 Å². The number of nitrogens with zero attached hydrogens (tertiary/aromatic N) is 1. The molecule has 0 fully saturated rings. The maximum Gasteiger partial charge on any atom is 0.317 e. The molecule has 20 heavy (non-hydrogen) atoms. The van der Waals surface area contributed by atoms with Gasteiger partial charge < -0.3 is 15.3 Å². The molecule has 0 aliphatic carbocycles. The van der Waals surface area contributed by atoms with E-state index >= 15 is 0 Å². The van der Waals surface area contributed by atoms with E-state index < -0.39 is 5.97 Å². The number of carboxylic acid groups (broad SMARTS) is 1. The smallest absolute Gasteiger partial charge is 0.317 e. The summed E-state index contributed by atoms with van der Waals surface area (Å²) in [6.45, 7) is 9.48. The molecule has 2 N–H and O–H groups in total. The predicted molar refractivity (Wildman–Crippen MR) is 80.8 cm³/mol. The summed E-state index contributed by atoms with van der Waals surface area (Å²) in [4.78, 5) is 24.4. The van der Waals surface area contributed by atoms with Gasteiger partial charge in [0, 0.05) is 25.6 Å². The zero-order valence-corrected chi connectivity index (χ0v) is 13.3. The number of carbonyl (C=O) groups excluding carboxylic acids is 1. The Balaban J connectivity index is 4.07. The van der Waals surface area contributed by atoms with Gasteiger partial charge in [-0.1, -0.05) is 20.3 Å². The Kier molecular flexibility index (Phi) is 9.86. The van der Waals surface area contributed by atoms with Crippen molar-refractivity contribution in [3.05, 3.63) is 0 Å². The molecule has 5 nitrogen and oxygen atoms in total. The molecule has 2 atom stereocenters. The zero-order chi connectivity index (χ0) is 15.5. The molecule has 0 spiro atoms. The van der Waals surface area contributed by atoms with Crippen molar-refractivity contribution < 1.29 is 14.7 Å². The quantitative estimate of drug-likeness (QED) is 0.648. The molecule has 2 unspecified atom stereocenters. The van der Waals surface area contributed by atoms with Gasteiger partial charge in [-0.2, -0.15) is 0 Å². The summed E-state index contributed by atoms with van der Waals surface area (Å²) in [6, 6.07) is 0.226. The first-order valence-corrected chi connectivity index (χ1v) is 7.72. The monoisotopic (exact) mass is 286 g/mol. The second kappa shape index (κ2) is 10.5. The van der Waals surface area contributed by atoms with E-state index in [0.29, 0.717) is 25.4 Å². The number of carbonyl (C=O) groups is 2. The summed E-state index contributed by atoms with van der Waals surface area (Å²) in [6.07, 6.45) is 3.63. The second-order valence-electron chi connectivity index (χ2n) is 5.27. The molecule has 0 rings (SSSR count). The minimum atomic E-state index is -0.749. The Bertz CT molecular complexity index is 295. The van der Waals surface area contributed by atoms with Crippen LogP contribution in [-0.4, -0.2) is 41.1 Å². The Morgan fingerprint density at radius 2 is 1.80 bits per heavy atom. The van der Waals surface area contributed by atoms with Gasteiger partial charge in [0.15, 0.2) is 0 Å². The summed E-state index contributed by atoms with van der Waals surface area (Å²) in [5, 5.41) is 11.6. The van der Waals surface area contributed by atoms with E-state index in [4.69, 9.17) is 5.11 Å². The van der Waals surface area contributed by atoms with Crippen LogP contribution in [0.5, 0.6) is 0 Å². The summed E-state index contributed by atoms with van der Waals surface area (Å²) in [5.74, 6) is -0.383. The third kappa shape index (κ3) is 7.36. The van der Waals surface area contributed by atoms with E-state index in [-0.39, 0.29) is 18.5 Å². The first-order valence-electron chi connectivity index (χ1n) is 7.72. The molecule has 0 radical (unpaired) electrons. The molecule has 0 aliphatic rings. The summed E-state index contributed by atoms with van der Waals surface area (Å²) < 4.78 is 0. The van der Waals surface area contributed by atoms with E-state index in [2.05, 4.69) is 19.2 Å². The molecule has 0 aliphatic heterocycles. The van der Waals surface area contributed by atoms with E-state index in [1.165, 1.54) is 0 Å². The topological polar surface area (TPSA) is 69.6 Å². The standard InChI is InChI=1S/C15H30N2O3/c1-5-12(4)17(7-3)15(20)16-11-10-13(6-2)8-9-14(18)19/h12-13H,5-11H2,1-4H3,(H,16,20)(H,18,19). The molecule has 2 amide bonds. The number of carboxylic acids is 1. The fourth-order valence-electron chi connectivity index (χ4n) is 2.24. The summed E-state index contributed by atoms with van der Waals surface area (Å²) in [5.41, 5.74) is 0. The molecule has 0 aromatic carbocycles. The molecule has 0 saturated heterocycles. The van der Waals surface area contributed by atoms with Gasteiger partial charge in [0.05, 0.1) is 0 Å². The van der Waals surface area contributed by atoms with Crippen LogP contribution < -0.4 is 5.32 Å².